The van der Waals surface area contributed by atoms with Crippen molar-refractivity contribution in [3.8, 4) is 0 Å². The molecule has 0 bridgehead atoms. The molecule has 0 amide bonds. The highest BCUT2D eigenvalue weighted by atomic mass is 16.5. The van der Waals surface area contributed by atoms with E-state index in [1.165, 1.54) is 7.11 Å². The van der Waals surface area contributed by atoms with Gasteiger partial charge in [0.2, 0.25) is 0 Å². The molecule has 0 saturated heterocycles. The Morgan fingerprint density at radius 3 is 2.71 bits per heavy atom. The topological polar surface area (TPSA) is 41.6 Å². The van der Waals surface area contributed by atoms with E-state index in [2.05, 4.69) is 31.1 Å². The summed E-state index contributed by atoms with van der Waals surface area (Å²) in [6.07, 6.45) is 2.77. The normalized spacial score (nSPS) is 29.0. The number of nitrogens with zero attached hydrogens (tertiary/aromatic N) is 1. The molecule has 4 nitrogen and oxygen atoms in total. The number of likely N-dealkylation sites (N-methyl/N-ethyl adjacent to an activating group) is 1. The molecule has 0 aromatic heterocycles. The summed E-state index contributed by atoms with van der Waals surface area (Å²) in [6, 6.07) is 0.476. The zero-order valence-electron chi connectivity index (χ0n) is 11.7. The molecule has 17 heavy (non-hydrogen) atoms. The number of rotatable bonds is 5. The summed E-state index contributed by atoms with van der Waals surface area (Å²) in [5.74, 6) is 0.531. The van der Waals surface area contributed by atoms with Crippen LogP contribution in [0.1, 0.15) is 33.1 Å². The molecule has 1 aliphatic rings. The van der Waals surface area contributed by atoms with Crippen LogP contribution >= 0.6 is 0 Å². The molecule has 1 N–H and O–H groups in total. The molecule has 1 rings (SSSR count). The lowest BCUT2D eigenvalue weighted by Crippen LogP contribution is -2.50. The van der Waals surface area contributed by atoms with E-state index in [1.54, 1.807) is 0 Å². The van der Waals surface area contributed by atoms with Gasteiger partial charge in [0.15, 0.2) is 0 Å². The lowest BCUT2D eigenvalue weighted by molar-refractivity contribution is -0.148. The van der Waals surface area contributed by atoms with Gasteiger partial charge in [-0.15, -0.1) is 0 Å². The Labute approximate surface area is 105 Å². The van der Waals surface area contributed by atoms with Gasteiger partial charge in [0.1, 0.15) is 5.54 Å². The lowest BCUT2D eigenvalue weighted by Gasteiger charge is -2.29. The number of ether oxygens (including phenoxy) is 1. The van der Waals surface area contributed by atoms with Crippen LogP contribution in [0.25, 0.3) is 0 Å². The van der Waals surface area contributed by atoms with E-state index in [0.717, 1.165) is 25.8 Å². The second-order valence-corrected chi connectivity index (χ2v) is 5.55. The third kappa shape index (κ3) is 3.19. The van der Waals surface area contributed by atoms with Crippen LogP contribution in [0.3, 0.4) is 0 Å². The van der Waals surface area contributed by atoms with Crippen molar-refractivity contribution < 1.29 is 9.53 Å². The van der Waals surface area contributed by atoms with E-state index in [-0.39, 0.29) is 5.97 Å². The molecule has 100 valence electrons. The summed E-state index contributed by atoms with van der Waals surface area (Å²) in [5.41, 5.74) is -0.468. The van der Waals surface area contributed by atoms with Crippen LogP contribution in [0.15, 0.2) is 0 Å². The molecule has 1 aliphatic carbocycles. The maximum atomic E-state index is 11.9. The van der Waals surface area contributed by atoms with Crippen LogP contribution in [0.2, 0.25) is 0 Å². The van der Waals surface area contributed by atoms with E-state index in [0.29, 0.717) is 12.0 Å². The Bertz CT molecular complexity index is 268. The fourth-order valence-corrected chi connectivity index (χ4v) is 2.83. The number of methoxy groups -OCH3 is 1. The Morgan fingerprint density at radius 1 is 1.59 bits per heavy atom. The summed E-state index contributed by atoms with van der Waals surface area (Å²) >= 11 is 0. The maximum Gasteiger partial charge on any atom is 0.326 e. The molecule has 2 unspecified atom stereocenters. The monoisotopic (exact) mass is 242 g/mol. The van der Waals surface area contributed by atoms with E-state index in [4.69, 9.17) is 4.74 Å². The molecule has 2 atom stereocenters. The predicted molar refractivity (Wildman–Crippen MR) is 68.9 cm³/mol. The lowest BCUT2D eigenvalue weighted by atomic mass is 9.97. The summed E-state index contributed by atoms with van der Waals surface area (Å²) in [6.45, 7) is 5.51. The standard InChI is InChI=1S/C13H26N2O2/c1-10(2)9-15(4)11-6-7-13(8-11,14-3)12(16)17-5/h10-11,14H,6-9H2,1-5H3. The highest BCUT2D eigenvalue weighted by molar-refractivity contribution is 5.81. The molecule has 0 aromatic carbocycles. The average molecular weight is 242 g/mol. The van der Waals surface area contributed by atoms with Gasteiger partial charge < -0.3 is 15.0 Å². The number of esters is 1. The van der Waals surface area contributed by atoms with Gasteiger partial charge in [-0.3, -0.25) is 4.79 Å². The molecule has 1 fully saturated rings. The van der Waals surface area contributed by atoms with Crippen molar-refractivity contribution >= 4 is 5.97 Å². The van der Waals surface area contributed by atoms with Gasteiger partial charge in [-0.05, 0) is 39.3 Å². The summed E-state index contributed by atoms with van der Waals surface area (Å²) in [4.78, 5) is 14.2. The third-order valence-electron chi connectivity index (χ3n) is 3.82. The zero-order valence-corrected chi connectivity index (χ0v) is 11.7. The Kier molecular flexibility index (Phi) is 4.95. The van der Waals surface area contributed by atoms with Gasteiger partial charge in [0.25, 0.3) is 0 Å². The van der Waals surface area contributed by atoms with Crippen molar-refractivity contribution in [2.45, 2.75) is 44.7 Å². The van der Waals surface area contributed by atoms with Crippen LogP contribution in [0.5, 0.6) is 0 Å². The first-order chi connectivity index (χ1) is 7.95. The first kappa shape index (κ1) is 14.5. The molecule has 0 aliphatic heterocycles. The van der Waals surface area contributed by atoms with Crippen LogP contribution in [-0.2, 0) is 9.53 Å². The minimum Gasteiger partial charge on any atom is -0.468 e. The second kappa shape index (κ2) is 5.83. The molecule has 0 heterocycles. The molecule has 0 aromatic rings. The van der Waals surface area contributed by atoms with Crippen molar-refractivity contribution in [1.29, 1.82) is 0 Å². The third-order valence-corrected chi connectivity index (χ3v) is 3.82. The minimum absolute atomic E-state index is 0.125. The Balaban J connectivity index is 2.63. The number of hydrogen-bond donors (Lipinski definition) is 1. The van der Waals surface area contributed by atoms with E-state index in [1.807, 2.05) is 7.05 Å². The van der Waals surface area contributed by atoms with Crippen molar-refractivity contribution in [2.75, 3.05) is 27.7 Å². The molecule has 4 heteroatoms. The molecule has 0 spiro atoms. The highest BCUT2D eigenvalue weighted by Crippen LogP contribution is 2.33. The van der Waals surface area contributed by atoms with Crippen molar-refractivity contribution in [2.24, 2.45) is 5.92 Å². The fourth-order valence-electron chi connectivity index (χ4n) is 2.83. The number of carbonyl (C=O) groups is 1. The van der Waals surface area contributed by atoms with Gasteiger partial charge in [0, 0.05) is 12.6 Å². The number of nitrogens with one attached hydrogen (secondary N) is 1. The van der Waals surface area contributed by atoms with E-state index >= 15 is 0 Å². The van der Waals surface area contributed by atoms with Crippen molar-refractivity contribution in [3.63, 3.8) is 0 Å². The van der Waals surface area contributed by atoms with Gasteiger partial charge >= 0.3 is 5.97 Å². The molecular weight excluding hydrogens is 216 g/mol. The van der Waals surface area contributed by atoms with E-state index < -0.39 is 5.54 Å². The fraction of sp³-hybridized carbons (Fsp3) is 0.923. The smallest absolute Gasteiger partial charge is 0.326 e. The minimum atomic E-state index is -0.468. The Morgan fingerprint density at radius 2 is 2.24 bits per heavy atom. The van der Waals surface area contributed by atoms with Crippen LogP contribution in [0, 0.1) is 5.92 Å². The summed E-state index contributed by atoms with van der Waals surface area (Å²) in [5, 5.41) is 3.17. The summed E-state index contributed by atoms with van der Waals surface area (Å²) in [7, 11) is 5.46. The number of carbonyl (C=O) groups excluding carboxylic acids is 1. The van der Waals surface area contributed by atoms with Crippen LogP contribution < -0.4 is 5.32 Å². The SMILES string of the molecule is CNC1(C(=O)OC)CCC(N(C)CC(C)C)C1. The quantitative estimate of drug-likeness (QED) is 0.737. The van der Waals surface area contributed by atoms with Gasteiger partial charge in [-0.1, -0.05) is 13.8 Å². The second-order valence-electron chi connectivity index (χ2n) is 5.55. The highest BCUT2D eigenvalue weighted by Gasteiger charge is 2.46. The average Bonchev–Trinajstić information content (AvgIpc) is 2.72. The first-order valence-electron chi connectivity index (χ1n) is 6.42. The first-order valence-corrected chi connectivity index (χ1v) is 6.42. The van der Waals surface area contributed by atoms with Crippen LogP contribution in [0.4, 0.5) is 0 Å². The Hall–Kier alpha value is -0.610. The molecular formula is C13H26N2O2. The van der Waals surface area contributed by atoms with Crippen LogP contribution in [-0.4, -0.2) is 50.2 Å². The van der Waals surface area contributed by atoms with Crippen molar-refractivity contribution in [3.05, 3.63) is 0 Å². The zero-order chi connectivity index (χ0) is 13.1. The van der Waals surface area contributed by atoms with Crippen molar-refractivity contribution in [1.82, 2.24) is 10.2 Å². The van der Waals surface area contributed by atoms with Gasteiger partial charge in [-0.2, -0.15) is 0 Å². The summed E-state index contributed by atoms with van der Waals surface area (Å²) < 4.78 is 4.92. The van der Waals surface area contributed by atoms with E-state index in [9.17, 15) is 4.79 Å². The molecule has 0 radical (unpaired) electrons. The largest absolute Gasteiger partial charge is 0.468 e. The molecule has 1 saturated carbocycles. The predicted octanol–water partition coefficient (Wildman–Crippen LogP) is 1.26. The van der Waals surface area contributed by atoms with Gasteiger partial charge in [0.05, 0.1) is 7.11 Å². The number of hydrogen-bond acceptors (Lipinski definition) is 4. The van der Waals surface area contributed by atoms with Gasteiger partial charge in [-0.25, -0.2) is 0 Å². The maximum absolute atomic E-state index is 11.9.